The van der Waals surface area contributed by atoms with Crippen molar-refractivity contribution in [2.45, 2.75) is 12.7 Å². The van der Waals surface area contributed by atoms with Gasteiger partial charge in [-0.2, -0.15) is 13.2 Å². The summed E-state index contributed by atoms with van der Waals surface area (Å²) in [6.45, 7) is 3.75. The third kappa shape index (κ3) is 2.34. The van der Waals surface area contributed by atoms with Crippen molar-refractivity contribution in [1.29, 1.82) is 0 Å². The second-order valence-corrected chi connectivity index (χ2v) is 5.55. The van der Waals surface area contributed by atoms with Crippen LogP contribution in [-0.2, 0) is 12.7 Å². The molecule has 1 spiro atoms. The van der Waals surface area contributed by atoms with Crippen LogP contribution in [0.15, 0.2) is 18.2 Å². The molecule has 1 N–H and O–H groups in total. The summed E-state index contributed by atoms with van der Waals surface area (Å²) in [5.74, 6) is -0.848. The van der Waals surface area contributed by atoms with Crippen LogP contribution in [0.3, 0.4) is 0 Å². The lowest BCUT2D eigenvalue weighted by Crippen LogP contribution is -2.70. The van der Waals surface area contributed by atoms with E-state index in [9.17, 15) is 17.6 Å². The maximum absolute atomic E-state index is 13.0. The molecule has 2 nitrogen and oxygen atoms in total. The SMILES string of the molecule is Fc1ccc(CN2CC3(CNC3)C2)c(C(F)(F)F)c1. The fourth-order valence-corrected chi connectivity index (χ4v) is 2.91. The van der Waals surface area contributed by atoms with E-state index in [-0.39, 0.29) is 17.5 Å². The van der Waals surface area contributed by atoms with E-state index >= 15 is 0 Å². The summed E-state index contributed by atoms with van der Waals surface area (Å²) in [6.07, 6.45) is -4.50. The quantitative estimate of drug-likeness (QED) is 0.832. The summed E-state index contributed by atoms with van der Waals surface area (Å²) in [6, 6.07) is 2.91. The Balaban J connectivity index is 1.74. The highest BCUT2D eigenvalue weighted by Gasteiger charge is 2.47. The van der Waals surface area contributed by atoms with Gasteiger partial charge in [0.2, 0.25) is 0 Å². The minimum atomic E-state index is -4.50. The summed E-state index contributed by atoms with van der Waals surface area (Å²) in [4.78, 5) is 1.98. The normalized spacial score (nSPS) is 22.1. The van der Waals surface area contributed by atoms with Crippen LogP contribution in [0.2, 0.25) is 0 Å². The molecule has 0 saturated carbocycles. The Morgan fingerprint density at radius 1 is 1.21 bits per heavy atom. The van der Waals surface area contributed by atoms with Crippen molar-refractivity contribution in [2.75, 3.05) is 26.2 Å². The zero-order chi connectivity index (χ0) is 13.7. The molecule has 0 aromatic heterocycles. The predicted molar refractivity (Wildman–Crippen MR) is 62.0 cm³/mol. The Bertz CT molecular complexity index is 486. The molecule has 0 unspecified atom stereocenters. The van der Waals surface area contributed by atoms with Crippen molar-refractivity contribution < 1.29 is 17.6 Å². The number of hydrogen-bond donors (Lipinski definition) is 1. The number of hydrogen-bond acceptors (Lipinski definition) is 2. The van der Waals surface area contributed by atoms with Crippen LogP contribution in [0, 0.1) is 11.2 Å². The molecule has 3 rings (SSSR count). The van der Waals surface area contributed by atoms with Gasteiger partial charge in [-0.3, -0.25) is 4.90 Å². The van der Waals surface area contributed by atoms with Crippen molar-refractivity contribution in [3.8, 4) is 0 Å². The van der Waals surface area contributed by atoms with E-state index in [1.165, 1.54) is 6.07 Å². The van der Waals surface area contributed by atoms with E-state index in [1.54, 1.807) is 0 Å². The van der Waals surface area contributed by atoms with Crippen LogP contribution >= 0.6 is 0 Å². The standard InChI is InChI=1S/C13H14F4N2/c14-10-2-1-9(11(3-10)13(15,16)17)4-19-7-12(8-19)5-18-6-12/h1-3,18H,4-8H2. The minimum absolute atomic E-state index is 0.149. The first-order valence-corrected chi connectivity index (χ1v) is 6.17. The van der Waals surface area contributed by atoms with Gasteiger partial charge in [-0.15, -0.1) is 0 Å². The molecular weight excluding hydrogens is 260 g/mol. The lowest BCUT2D eigenvalue weighted by atomic mass is 9.74. The lowest BCUT2D eigenvalue weighted by Gasteiger charge is -2.56. The van der Waals surface area contributed by atoms with Crippen molar-refractivity contribution in [3.05, 3.63) is 35.1 Å². The van der Waals surface area contributed by atoms with Crippen LogP contribution in [0.5, 0.6) is 0 Å². The number of nitrogens with zero attached hydrogens (tertiary/aromatic N) is 1. The first-order valence-electron chi connectivity index (χ1n) is 6.17. The van der Waals surface area contributed by atoms with E-state index < -0.39 is 17.6 Å². The van der Waals surface area contributed by atoms with Gasteiger partial charge in [-0.1, -0.05) is 6.07 Å². The second kappa shape index (κ2) is 4.18. The van der Waals surface area contributed by atoms with E-state index in [2.05, 4.69) is 5.32 Å². The van der Waals surface area contributed by atoms with E-state index in [0.717, 1.165) is 32.2 Å². The number of halogens is 4. The van der Waals surface area contributed by atoms with E-state index in [0.29, 0.717) is 6.07 Å². The maximum Gasteiger partial charge on any atom is 0.416 e. The van der Waals surface area contributed by atoms with Gasteiger partial charge in [0.05, 0.1) is 5.56 Å². The monoisotopic (exact) mass is 274 g/mol. The fourth-order valence-electron chi connectivity index (χ4n) is 2.91. The van der Waals surface area contributed by atoms with Gasteiger partial charge in [0, 0.05) is 38.1 Å². The van der Waals surface area contributed by atoms with E-state index in [1.807, 2.05) is 4.90 Å². The van der Waals surface area contributed by atoms with Crippen molar-refractivity contribution in [3.63, 3.8) is 0 Å². The molecule has 2 aliphatic heterocycles. The highest BCUT2D eigenvalue weighted by atomic mass is 19.4. The molecule has 6 heteroatoms. The average molecular weight is 274 g/mol. The van der Waals surface area contributed by atoms with Gasteiger partial charge < -0.3 is 5.32 Å². The molecule has 0 aliphatic carbocycles. The number of alkyl halides is 3. The maximum atomic E-state index is 13.0. The third-order valence-electron chi connectivity index (χ3n) is 3.89. The number of rotatable bonds is 2. The molecule has 0 amide bonds. The molecule has 0 atom stereocenters. The third-order valence-corrected chi connectivity index (χ3v) is 3.89. The number of benzene rings is 1. The Morgan fingerprint density at radius 3 is 2.42 bits per heavy atom. The van der Waals surface area contributed by atoms with Crippen molar-refractivity contribution in [2.24, 2.45) is 5.41 Å². The van der Waals surface area contributed by atoms with Gasteiger partial charge >= 0.3 is 6.18 Å². The average Bonchev–Trinajstić information content (AvgIpc) is 2.20. The molecular formula is C13H14F4N2. The number of likely N-dealkylation sites (tertiary alicyclic amines) is 1. The van der Waals surface area contributed by atoms with Crippen LogP contribution in [-0.4, -0.2) is 31.1 Å². The van der Waals surface area contributed by atoms with Gasteiger partial charge in [0.1, 0.15) is 5.82 Å². The van der Waals surface area contributed by atoms with Gasteiger partial charge in [0.15, 0.2) is 0 Å². The second-order valence-electron chi connectivity index (χ2n) is 5.55. The molecule has 2 saturated heterocycles. The molecule has 0 radical (unpaired) electrons. The molecule has 0 bridgehead atoms. The fraction of sp³-hybridized carbons (Fsp3) is 0.538. The summed E-state index contributed by atoms with van der Waals surface area (Å²) in [5, 5.41) is 3.18. The lowest BCUT2D eigenvalue weighted by molar-refractivity contribution is -0.139. The first-order chi connectivity index (χ1) is 8.88. The smallest absolute Gasteiger partial charge is 0.315 e. The van der Waals surface area contributed by atoms with Crippen LogP contribution in [0.1, 0.15) is 11.1 Å². The molecule has 19 heavy (non-hydrogen) atoms. The van der Waals surface area contributed by atoms with Gasteiger partial charge in [-0.05, 0) is 17.7 Å². The van der Waals surface area contributed by atoms with Gasteiger partial charge in [-0.25, -0.2) is 4.39 Å². The highest BCUT2D eigenvalue weighted by molar-refractivity contribution is 5.31. The summed E-state index contributed by atoms with van der Waals surface area (Å²) >= 11 is 0. The molecule has 2 heterocycles. The summed E-state index contributed by atoms with van der Waals surface area (Å²) < 4.78 is 51.5. The Hall–Kier alpha value is -1.14. The van der Waals surface area contributed by atoms with Gasteiger partial charge in [0.25, 0.3) is 0 Å². The summed E-state index contributed by atoms with van der Waals surface area (Å²) in [7, 11) is 0. The number of nitrogens with one attached hydrogen (secondary N) is 1. The zero-order valence-electron chi connectivity index (χ0n) is 10.2. The Kier molecular flexibility index (Phi) is 2.83. The topological polar surface area (TPSA) is 15.3 Å². The highest BCUT2D eigenvalue weighted by Crippen LogP contribution is 2.37. The zero-order valence-corrected chi connectivity index (χ0v) is 10.2. The minimum Gasteiger partial charge on any atom is -0.315 e. The molecule has 1 aromatic rings. The van der Waals surface area contributed by atoms with Crippen LogP contribution < -0.4 is 5.32 Å². The Morgan fingerprint density at radius 2 is 1.89 bits per heavy atom. The van der Waals surface area contributed by atoms with Crippen molar-refractivity contribution in [1.82, 2.24) is 10.2 Å². The molecule has 2 fully saturated rings. The van der Waals surface area contributed by atoms with Crippen molar-refractivity contribution >= 4 is 0 Å². The largest absolute Gasteiger partial charge is 0.416 e. The van der Waals surface area contributed by atoms with E-state index in [4.69, 9.17) is 0 Å². The predicted octanol–water partition coefficient (Wildman–Crippen LogP) is 2.25. The summed E-state index contributed by atoms with van der Waals surface area (Å²) in [5.41, 5.74) is -0.436. The Labute approximate surface area is 108 Å². The van der Waals surface area contributed by atoms with Crippen LogP contribution in [0.4, 0.5) is 17.6 Å². The molecule has 104 valence electrons. The first kappa shape index (κ1) is 12.9. The molecule has 2 aliphatic rings. The van der Waals surface area contributed by atoms with Crippen LogP contribution in [0.25, 0.3) is 0 Å². The molecule has 1 aromatic carbocycles.